The largest absolute Gasteiger partial charge is 0.487 e. The number of halogens is 1. The Morgan fingerprint density at radius 1 is 1.21 bits per heavy atom. The summed E-state index contributed by atoms with van der Waals surface area (Å²) in [5, 5.41) is 9.69. The molecule has 0 aromatic heterocycles. The second-order valence-corrected chi connectivity index (χ2v) is 7.61. The van der Waals surface area contributed by atoms with Crippen LogP contribution in [0, 0.1) is 0 Å². The van der Waals surface area contributed by atoms with Gasteiger partial charge in [-0.05, 0) is 37.6 Å². The standard InChI is InChI=1S/C22H28N4O2.HI/c1-15(27)25-17-9-7-8-16(12-17)14-24-21(23-4)26-19-13-22(2,3)28-20-11-6-5-10-18(19)20;/h5-12,19H,13-14H2,1-4H3,(H,25,27)(H2,23,24,26);1H. The van der Waals surface area contributed by atoms with E-state index in [1.165, 1.54) is 6.92 Å². The van der Waals surface area contributed by atoms with E-state index in [0.29, 0.717) is 6.54 Å². The number of hydrogen-bond donors (Lipinski definition) is 3. The van der Waals surface area contributed by atoms with Crippen LogP contribution in [0.2, 0.25) is 0 Å². The van der Waals surface area contributed by atoms with Crippen LogP contribution in [0.25, 0.3) is 0 Å². The summed E-state index contributed by atoms with van der Waals surface area (Å²) in [6.45, 7) is 6.30. The molecule has 3 rings (SSSR count). The summed E-state index contributed by atoms with van der Waals surface area (Å²) in [6.07, 6.45) is 0.836. The number of fused-ring (bicyclic) bond motifs is 1. The molecule has 3 N–H and O–H groups in total. The Morgan fingerprint density at radius 3 is 2.69 bits per heavy atom. The van der Waals surface area contributed by atoms with Crippen molar-refractivity contribution in [3.8, 4) is 5.75 Å². The number of guanidine groups is 1. The zero-order valence-corrected chi connectivity index (χ0v) is 19.6. The summed E-state index contributed by atoms with van der Waals surface area (Å²) in [6, 6.07) is 16.0. The molecule has 2 aromatic carbocycles. The van der Waals surface area contributed by atoms with Crippen LogP contribution >= 0.6 is 24.0 Å². The van der Waals surface area contributed by atoms with Crippen molar-refractivity contribution in [1.29, 1.82) is 0 Å². The Labute approximate surface area is 189 Å². The quantitative estimate of drug-likeness (QED) is 0.329. The van der Waals surface area contributed by atoms with E-state index in [1.807, 2.05) is 42.5 Å². The van der Waals surface area contributed by atoms with E-state index in [4.69, 9.17) is 4.74 Å². The Balaban J connectivity index is 0.00000300. The van der Waals surface area contributed by atoms with Gasteiger partial charge >= 0.3 is 0 Å². The van der Waals surface area contributed by atoms with E-state index in [2.05, 4.69) is 40.9 Å². The summed E-state index contributed by atoms with van der Waals surface area (Å²) in [5.74, 6) is 1.56. The third-order valence-electron chi connectivity index (χ3n) is 4.62. The van der Waals surface area contributed by atoms with E-state index in [0.717, 1.165) is 34.9 Å². The third kappa shape index (κ3) is 6.35. The number of ether oxygens (including phenoxy) is 1. The van der Waals surface area contributed by atoms with Crippen LogP contribution in [-0.4, -0.2) is 24.5 Å². The lowest BCUT2D eigenvalue weighted by Gasteiger charge is -2.38. The van der Waals surface area contributed by atoms with E-state index in [-0.39, 0.29) is 41.5 Å². The van der Waals surface area contributed by atoms with Crippen LogP contribution in [-0.2, 0) is 11.3 Å². The fourth-order valence-corrected chi connectivity index (χ4v) is 3.44. The molecule has 156 valence electrons. The molecule has 0 saturated carbocycles. The molecule has 6 nitrogen and oxygen atoms in total. The van der Waals surface area contributed by atoms with Crippen LogP contribution in [0.1, 0.15) is 44.4 Å². The number of para-hydroxylation sites is 1. The van der Waals surface area contributed by atoms with Gasteiger partial charge in [-0.25, -0.2) is 0 Å². The molecule has 0 bridgehead atoms. The topological polar surface area (TPSA) is 74.8 Å². The summed E-state index contributed by atoms with van der Waals surface area (Å²) >= 11 is 0. The van der Waals surface area contributed by atoms with Gasteiger partial charge in [-0.1, -0.05) is 30.3 Å². The fourth-order valence-electron chi connectivity index (χ4n) is 3.44. The number of nitrogens with one attached hydrogen (secondary N) is 3. The van der Waals surface area contributed by atoms with Gasteiger partial charge in [-0.2, -0.15) is 0 Å². The summed E-state index contributed by atoms with van der Waals surface area (Å²) in [5.41, 5.74) is 2.73. The van der Waals surface area contributed by atoms with Gasteiger partial charge < -0.3 is 20.7 Å². The Bertz CT molecular complexity index is 883. The predicted molar refractivity (Wildman–Crippen MR) is 128 cm³/mol. The van der Waals surface area contributed by atoms with Crippen LogP contribution in [0.5, 0.6) is 5.75 Å². The molecule has 0 aliphatic carbocycles. The number of hydrogen-bond acceptors (Lipinski definition) is 3. The van der Waals surface area contributed by atoms with Gasteiger partial charge in [0.15, 0.2) is 5.96 Å². The average molecular weight is 508 g/mol. The number of benzene rings is 2. The lowest BCUT2D eigenvalue weighted by Crippen LogP contribution is -2.45. The molecule has 2 aromatic rings. The first-order valence-corrected chi connectivity index (χ1v) is 9.48. The van der Waals surface area contributed by atoms with Crippen LogP contribution < -0.4 is 20.7 Å². The first-order valence-electron chi connectivity index (χ1n) is 9.48. The molecule has 1 heterocycles. The van der Waals surface area contributed by atoms with Gasteiger partial charge in [0.05, 0.1) is 6.04 Å². The first kappa shape index (κ1) is 23.0. The Hall–Kier alpha value is -2.29. The first-order chi connectivity index (χ1) is 13.4. The molecule has 0 saturated heterocycles. The maximum absolute atomic E-state index is 11.2. The molecule has 29 heavy (non-hydrogen) atoms. The number of carbonyl (C=O) groups is 1. The minimum absolute atomic E-state index is 0. The molecule has 1 unspecified atom stereocenters. The van der Waals surface area contributed by atoms with Crippen molar-refractivity contribution in [2.75, 3.05) is 12.4 Å². The van der Waals surface area contributed by atoms with Gasteiger partial charge in [0.1, 0.15) is 11.4 Å². The highest BCUT2D eigenvalue weighted by Crippen LogP contribution is 2.39. The van der Waals surface area contributed by atoms with Crippen molar-refractivity contribution in [2.24, 2.45) is 4.99 Å². The van der Waals surface area contributed by atoms with E-state index >= 15 is 0 Å². The number of carbonyl (C=O) groups excluding carboxylic acids is 1. The van der Waals surface area contributed by atoms with Crippen molar-refractivity contribution in [2.45, 2.75) is 45.4 Å². The number of aliphatic imine (C=N–C) groups is 1. The number of anilines is 1. The molecule has 1 atom stereocenters. The average Bonchev–Trinajstić information content (AvgIpc) is 2.64. The summed E-state index contributed by atoms with van der Waals surface area (Å²) in [7, 11) is 1.76. The predicted octanol–water partition coefficient (Wildman–Crippen LogP) is 4.23. The Kier molecular flexibility index (Phi) is 7.89. The van der Waals surface area contributed by atoms with Crippen molar-refractivity contribution >= 4 is 41.5 Å². The van der Waals surface area contributed by atoms with Gasteiger partial charge in [-0.15, -0.1) is 24.0 Å². The summed E-state index contributed by atoms with van der Waals surface area (Å²) < 4.78 is 6.10. The monoisotopic (exact) mass is 508 g/mol. The second-order valence-electron chi connectivity index (χ2n) is 7.61. The molecule has 7 heteroatoms. The lowest BCUT2D eigenvalue weighted by molar-refractivity contribution is -0.114. The van der Waals surface area contributed by atoms with Crippen molar-refractivity contribution in [3.05, 3.63) is 59.7 Å². The van der Waals surface area contributed by atoms with Crippen LogP contribution in [0.3, 0.4) is 0 Å². The third-order valence-corrected chi connectivity index (χ3v) is 4.62. The fraction of sp³-hybridized carbons (Fsp3) is 0.364. The van der Waals surface area contributed by atoms with Crippen molar-refractivity contribution in [3.63, 3.8) is 0 Å². The normalized spacial score (nSPS) is 17.2. The molecular weight excluding hydrogens is 479 g/mol. The number of amides is 1. The zero-order valence-electron chi connectivity index (χ0n) is 17.3. The summed E-state index contributed by atoms with van der Waals surface area (Å²) in [4.78, 5) is 15.6. The number of nitrogens with zero attached hydrogens (tertiary/aromatic N) is 1. The maximum atomic E-state index is 11.2. The van der Waals surface area contributed by atoms with Crippen molar-refractivity contribution in [1.82, 2.24) is 10.6 Å². The highest BCUT2D eigenvalue weighted by Gasteiger charge is 2.33. The maximum Gasteiger partial charge on any atom is 0.221 e. The molecule has 0 radical (unpaired) electrons. The Morgan fingerprint density at radius 2 is 1.97 bits per heavy atom. The van der Waals surface area contributed by atoms with E-state index < -0.39 is 0 Å². The zero-order chi connectivity index (χ0) is 20.1. The minimum atomic E-state index is -0.252. The van der Waals surface area contributed by atoms with Crippen molar-refractivity contribution < 1.29 is 9.53 Å². The molecule has 0 fully saturated rings. The highest BCUT2D eigenvalue weighted by molar-refractivity contribution is 14.0. The van der Waals surface area contributed by atoms with E-state index in [1.54, 1.807) is 7.05 Å². The highest BCUT2D eigenvalue weighted by atomic mass is 127. The van der Waals surface area contributed by atoms with Crippen LogP contribution in [0.4, 0.5) is 5.69 Å². The molecule has 0 spiro atoms. The van der Waals surface area contributed by atoms with Crippen LogP contribution in [0.15, 0.2) is 53.5 Å². The van der Waals surface area contributed by atoms with Gasteiger partial charge in [0.2, 0.25) is 5.91 Å². The minimum Gasteiger partial charge on any atom is -0.487 e. The SMILES string of the molecule is CN=C(NCc1cccc(NC(C)=O)c1)NC1CC(C)(C)Oc2ccccc21.I. The van der Waals surface area contributed by atoms with Gasteiger partial charge in [-0.3, -0.25) is 9.79 Å². The van der Waals surface area contributed by atoms with Gasteiger partial charge in [0, 0.05) is 38.2 Å². The number of rotatable bonds is 4. The molecular formula is C22H29IN4O2. The smallest absolute Gasteiger partial charge is 0.221 e. The molecule has 1 aliphatic rings. The lowest BCUT2D eigenvalue weighted by atomic mass is 9.90. The molecule has 1 aliphatic heterocycles. The second kappa shape index (κ2) is 9.96. The molecule has 1 amide bonds. The van der Waals surface area contributed by atoms with Gasteiger partial charge in [0.25, 0.3) is 0 Å². The van der Waals surface area contributed by atoms with E-state index in [9.17, 15) is 4.79 Å².